The van der Waals surface area contributed by atoms with Gasteiger partial charge in [0.2, 0.25) is 5.91 Å². The number of hydrogen-bond acceptors (Lipinski definition) is 3. The Balaban J connectivity index is 0.00000169. The molecule has 3 nitrogen and oxygen atoms in total. The van der Waals surface area contributed by atoms with Crippen LogP contribution in [0.3, 0.4) is 0 Å². The van der Waals surface area contributed by atoms with Crippen LogP contribution in [-0.4, -0.2) is 19.0 Å². The first-order valence-corrected chi connectivity index (χ1v) is 5.54. The molecule has 1 aromatic rings. The summed E-state index contributed by atoms with van der Waals surface area (Å²) >= 11 is 4.92. The molecule has 0 spiro atoms. The van der Waals surface area contributed by atoms with E-state index < -0.39 is 0 Å². The molecule has 0 radical (unpaired) electrons. The standard InChI is InChI=1S/C8H11BrN2OS.ClH/c9-7-2-1-6(13-7)5-8(12)11-4-3-10;/h1-2H,3-5,10H2,(H,11,12);1H. The van der Waals surface area contributed by atoms with Gasteiger partial charge in [0.05, 0.1) is 10.2 Å². The van der Waals surface area contributed by atoms with Crippen molar-refractivity contribution in [3.8, 4) is 0 Å². The van der Waals surface area contributed by atoms with Gasteiger partial charge in [0.15, 0.2) is 0 Å². The first-order chi connectivity index (χ1) is 6.22. The minimum absolute atomic E-state index is 0. The maximum atomic E-state index is 11.2. The van der Waals surface area contributed by atoms with Crippen LogP contribution in [0, 0.1) is 0 Å². The maximum absolute atomic E-state index is 11.2. The average Bonchev–Trinajstić information content (AvgIpc) is 2.48. The summed E-state index contributed by atoms with van der Waals surface area (Å²) in [4.78, 5) is 12.3. The molecular formula is C8H12BrClN2OS. The second-order valence-electron chi connectivity index (χ2n) is 2.52. The van der Waals surface area contributed by atoms with Crippen LogP contribution in [0.2, 0.25) is 0 Å². The average molecular weight is 300 g/mol. The highest BCUT2D eigenvalue weighted by Crippen LogP contribution is 2.22. The first-order valence-electron chi connectivity index (χ1n) is 3.93. The highest BCUT2D eigenvalue weighted by Gasteiger charge is 2.04. The van der Waals surface area contributed by atoms with Crippen LogP contribution < -0.4 is 11.1 Å². The van der Waals surface area contributed by atoms with Gasteiger partial charge in [0.25, 0.3) is 0 Å². The number of nitrogens with two attached hydrogens (primary N) is 1. The van der Waals surface area contributed by atoms with Gasteiger partial charge in [-0.2, -0.15) is 0 Å². The van der Waals surface area contributed by atoms with Crippen molar-refractivity contribution in [3.63, 3.8) is 0 Å². The van der Waals surface area contributed by atoms with E-state index >= 15 is 0 Å². The van der Waals surface area contributed by atoms with Gasteiger partial charge in [-0.25, -0.2) is 0 Å². The number of amides is 1. The Morgan fingerprint density at radius 2 is 2.29 bits per heavy atom. The van der Waals surface area contributed by atoms with Gasteiger partial charge in [0.1, 0.15) is 0 Å². The summed E-state index contributed by atoms with van der Waals surface area (Å²) < 4.78 is 1.05. The molecular weight excluding hydrogens is 288 g/mol. The third-order valence-electron chi connectivity index (χ3n) is 1.43. The zero-order valence-corrected chi connectivity index (χ0v) is 10.7. The van der Waals surface area contributed by atoms with Gasteiger partial charge in [-0.05, 0) is 28.1 Å². The molecule has 0 fully saturated rings. The topological polar surface area (TPSA) is 55.1 Å². The van der Waals surface area contributed by atoms with E-state index in [4.69, 9.17) is 5.73 Å². The minimum atomic E-state index is 0. The molecule has 1 heterocycles. The van der Waals surface area contributed by atoms with E-state index in [2.05, 4.69) is 21.2 Å². The van der Waals surface area contributed by atoms with Crippen LogP contribution in [0.5, 0.6) is 0 Å². The molecule has 0 aliphatic rings. The highest BCUT2D eigenvalue weighted by molar-refractivity contribution is 9.11. The van der Waals surface area contributed by atoms with Gasteiger partial charge < -0.3 is 11.1 Å². The van der Waals surface area contributed by atoms with Crippen molar-refractivity contribution in [2.75, 3.05) is 13.1 Å². The summed E-state index contributed by atoms with van der Waals surface area (Å²) in [6.45, 7) is 1.03. The molecule has 6 heteroatoms. The van der Waals surface area contributed by atoms with Crippen molar-refractivity contribution >= 4 is 45.6 Å². The molecule has 1 amide bonds. The van der Waals surface area contributed by atoms with Crippen LogP contribution in [0.1, 0.15) is 4.88 Å². The Hall–Kier alpha value is -0.100. The van der Waals surface area contributed by atoms with Crippen molar-refractivity contribution in [2.45, 2.75) is 6.42 Å². The maximum Gasteiger partial charge on any atom is 0.225 e. The third-order valence-corrected chi connectivity index (χ3v) is 3.05. The zero-order chi connectivity index (χ0) is 9.68. The first kappa shape index (κ1) is 13.9. The van der Waals surface area contributed by atoms with E-state index in [9.17, 15) is 4.79 Å². The summed E-state index contributed by atoms with van der Waals surface area (Å²) in [6.07, 6.45) is 0.441. The second kappa shape index (κ2) is 7.23. The molecule has 14 heavy (non-hydrogen) atoms. The van der Waals surface area contributed by atoms with E-state index in [1.165, 1.54) is 0 Å². The molecule has 0 unspecified atom stereocenters. The Labute approximate surface area is 102 Å². The molecule has 0 saturated carbocycles. The van der Waals surface area contributed by atoms with Crippen molar-refractivity contribution < 1.29 is 4.79 Å². The van der Waals surface area contributed by atoms with Crippen molar-refractivity contribution in [2.24, 2.45) is 5.73 Å². The fourth-order valence-electron chi connectivity index (χ4n) is 0.879. The van der Waals surface area contributed by atoms with Crippen LogP contribution in [-0.2, 0) is 11.2 Å². The van der Waals surface area contributed by atoms with Gasteiger partial charge in [0, 0.05) is 18.0 Å². The Bertz CT molecular complexity index is 293. The van der Waals surface area contributed by atoms with Crippen LogP contribution >= 0.6 is 39.7 Å². The smallest absolute Gasteiger partial charge is 0.225 e. The SMILES string of the molecule is Cl.NCCNC(=O)Cc1ccc(Br)s1. The Morgan fingerprint density at radius 3 is 2.79 bits per heavy atom. The van der Waals surface area contributed by atoms with Gasteiger partial charge >= 0.3 is 0 Å². The predicted octanol–water partition coefficient (Wildman–Crippen LogP) is 1.55. The minimum Gasteiger partial charge on any atom is -0.355 e. The number of thiophene rings is 1. The molecule has 1 aromatic heterocycles. The van der Waals surface area contributed by atoms with Crippen molar-refractivity contribution in [1.82, 2.24) is 5.32 Å². The fourth-order valence-corrected chi connectivity index (χ4v) is 2.36. The summed E-state index contributed by atoms with van der Waals surface area (Å²) in [7, 11) is 0. The van der Waals surface area contributed by atoms with Gasteiger partial charge in [-0.3, -0.25) is 4.79 Å². The number of carbonyl (C=O) groups is 1. The number of hydrogen-bond donors (Lipinski definition) is 2. The normalized spacial score (nSPS) is 9.29. The van der Waals surface area contributed by atoms with Crippen LogP contribution in [0.4, 0.5) is 0 Å². The largest absolute Gasteiger partial charge is 0.355 e. The van der Waals surface area contributed by atoms with E-state index in [0.717, 1.165) is 8.66 Å². The number of halogens is 2. The fraction of sp³-hybridized carbons (Fsp3) is 0.375. The lowest BCUT2D eigenvalue weighted by molar-refractivity contribution is -0.120. The van der Waals surface area contributed by atoms with E-state index in [-0.39, 0.29) is 18.3 Å². The summed E-state index contributed by atoms with van der Waals surface area (Å²) in [6, 6.07) is 3.88. The van der Waals surface area contributed by atoms with E-state index in [1.54, 1.807) is 11.3 Å². The lowest BCUT2D eigenvalue weighted by atomic mass is 10.3. The number of nitrogens with one attached hydrogen (secondary N) is 1. The van der Waals surface area contributed by atoms with Crippen LogP contribution in [0.25, 0.3) is 0 Å². The number of carbonyl (C=O) groups excluding carboxylic acids is 1. The van der Waals surface area contributed by atoms with Gasteiger partial charge in [-0.1, -0.05) is 0 Å². The second-order valence-corrected chi connectivity index (χ2v) is 5.07. The molecule has 0 aromatic carbocycles. The number of rotatable bonds is 4. The molecule has 0 atom stereocenters. The van der Waals surface area contributed by atoms with Crippen LogP contribution in [0.15, 0.2) is 15.9 Å². The molecule has 3 N–H and O–H groups in total. The monoisotopic (exact) mass is 298 g/mol. The lowest BCUT2D eigenvalue weighted by Crippen LogP contribution is -2.29. The molecule has 0 saturated heterocycles. The Kier molecular flexibility index (Phi) is 7.17. The molecule has 80 valence electrons. The summed E-state index contributed by atoms with van der Waals surface area (Å²) in [5.74, 6) is 0.0276. The van der Waals surface area contributed by atoms with Crippen molar-refractivity contribution in [1.29, 1.82) is 0 Å². The summed E-state index contributed by atoms with van der Waals surface area (Å²) in [5, 5.41) is 2.72. The highest BCUT2D eigenvalue weighted by atomic mass is 79.9. The lowest BCUT2D eigenvalue weighted by Gasteiger charge is -2.00. The van der Waals surface area contributed by atoms with Gasteiger partial charge in [-0.15, -0.1) is 23.7 Å². The third kappa shape index (κ3) is 4.95. The van der Waals surface area contributed by atoms with E-state index in [0.29, 0.717) is 19.5 Å². The van der Waals surface area contributed by atoms with E-state index in [1.807, 2.05) is 12.1 Å². The molecule has 0 aliphatic carbocycles. The molecule has 0 aliphatic heterocycles. The molecule has 0 bridgehead atoms. The Morgan fingerprint density at radius 1 is 1.57 bits per heavy atom. The predicted molar refractivity (Wildman–Crippen MR) is 65.0 cm³/mol. The van der Waals surface area contributed by atoms with Crippen molar-refractivity contribution in [3.05, 3.63) is 20.8 Å². The zero-order valence-electron chi connectivity index (χ0n) is 7.46. The quantitative estimate of drug-likeness (QED) is 0.886. The molecule has 1 rings (SSSR count). The summed E-state index contributed by atoms with van der Waals surface area (Å²) in [5.41, 5.74) is 5.25.